The molecule has 1 rings (SSSR count). The summed E-state index contributed by atoms with van der Waals surface area (Å²) in [4.78, 5) is 29.6. The Kier molecular flexibility index (Phi) is 6.04. The summed E-state index contributed by atoms with van der Waals surface area (Å²) in [5.74, 6) is 0.0961. The summed E-state index contributed by atoms with van der Waals surface area (Å²) in [6.45, 7) is 4.52. The molecule has 7 heteroatoms. The van der Waals surface area contributed by atoms with Crippen molar-refractivity contribution in [3.8, 4) is 0 Å². The van der Waals surface area contributed by atoms with E-state index in [2.05, 4.69) is 15.3 Å². The van der Waals surface area contributed by atoms with E-state index in [1.54, 1.807) is 6.92 Å². The van der Waals surface area contributed by atoms with Crippen molar-refractivity contribution < 1.29 is 9.53 Å². The zero-order valence-corrected chi connectivity index (χ0v) is 12.2. The number of esters is 1. The second-order valence-corrected chi connectivity index (χ2v) is 5.24. The fourth-order valence-corrected chi connectivity index (χ4v) is 2.40. The molecular weight excluding hydrogens is 266 g/mol. The molecule has 0 aromatic carbocycles. The maximum absolute atomic E-state index is 11.8. The molecule has 0 amide bonds. The van der Waals surface area contributed by atoms with E-state index in [1.165, 1.54) is 31.1 Å². The molecule has 0 saturated carbocycles. The number of hydrogen-bond acceptors (Lipinski definition) is 6. The maximum atomic E-state index is 11.8. The Morgan fingerprint density at radius 1 is 1.63 bits per heavy atom. The summed E-state index contributed by atoms with van der Waals surface area (Å²) in [5, 5.41) is 3.65. The van der Waals surface area contributed by atoms with Gasteiger partial charge in [0.15, 0.2) is 5.16 Å². The smallest absolute Gasteiger partial charge is 0.326 e. The number of ether oxygens (including phenoxy) is 1. The van der Waals surface area contributed by atoms with Gasteiger partial charge in [-0.05, 0) is 19.9 Å². The number of aromatic amines is 1. The summed E-state index contributed by atoms with van der Waals surface area (Å²) in [6, 6.07) is 1.35. The molecule has 0 aliphatic carbocycles. The molecule has 1 unspecified atom stereocenters. The molecule has 0 fully saturated rings. The summed E-state index contributed by atoms with van der Waals surface area (Å²) >= 11 is 1.31. The number of rotatable bonds is 7. The lowest BCUT2D eigenvalue weighted by Gasteiger charge is -2.27. The third kappa shape index (κ3) is 4.68. The van der Waals surface area contributed by atoms with Crippen molar-refractivity contribution in [2.24, 2.45) is 0 Å². The number of hydrogen-bond donors (Lipinski definition) is 2. The number of aromatic nitrogens is 2. The number of methoxy groups -OCH3 is 1. The standard InChI is InChI=1S/C12H19N3O3S/c1-4-6-14-12(2,10(17)18-3)8-19-11-13-7-5-9(16)15-11/h5,7,14H,4,6,8H2,1-3H3,(H,13,15,16). The predicted octanol–water partition coefficient (Wildman–Crippen LogP) is 0.793. The monoisotopic (exact) mass is 285 g/mol. The SMILES string of the molecule is CCCNC(C)(CSc1nccc(=O)[nH]1)C(=O)OC. The summed E-state index contributed by atoms with van der Waals surface area (Å²) in [5.41, 5.74) is -1.01. The molecule has 1 atom stereocenters. The fourth-order valence-electron chi connectivity index (χ4n) is 1.45. The van der Waals surface area contributed by atoms with Gasteiger partial charge in [0, 0.05) is 18.0 Å². The van der Waals surface area contributed by atoms with E-state index < -0.39 is 5.54 Å². The Morgan fingerprint density at radius 2 is 2.37 bits per heavy atom. The number of nitrogens with zero attached hydrogens (tertiary/aromatic N) is 1. The number of thioether (sulfide) groups is 1. The van der Waals surface area contributed by atoms with Crippen LogP contribution < -0.4 is 10.9 Å². The van der Waals surface area contributed by atoms with Crippen LogP contribution in [0.4, 0.5) is 0 Å². The summed E-state index contributed by atoms with van der Waals surface area (Å²) in [6.07, 6.45) is 2.35. The van der Waals surface area contributed by atoms with Crippen LogP contribution in [0.5, 0.6) is 0 Å². The van der Waals surface area contributed by atoms with Crippen LogP contribution in [0.3, 0.4) is 0 Å². The summed E-state index contributed by atoms with van der Waals surface area (Å²) < 4.78 is 4.82. The lowest BCUT2D eigenvalue weighted by atomic mass is 10.1. The Balaban J connectivity index is 2.72. The van der Waals surface area contributed by atoms with Gasteiger partial charge in [-0.15, -0.1) is 0 Å². The minimum Gasteiger partial charge on any atom is -0.468 e. The van der Waals surface area contributed by atoms with Gasteiger partial charge in [-0.1, -0.05) is 18.7 Å². The minimum absolute atomic E-state index is 0.209. The molecule has 0 radical (unpaired) electrons. The number of H-pyrrole nitrogens is 1. The van der Waals surface area contributed by atoms with Crippen LogP contribution in [0.2, 0.25) is 0 Å². The Hall–Kier alpha value is -1.34. The third-order valence-electron chi connectivity index (χ3n) is 2.55. The topological polar surface area (TPSA) is 84.1 Å². The lowest BCUT2D eigenvalue weighted by molar-refractivity contribution is -0.146. The van der Waals surface area contributed by atoms with Gasteiger partial charge in [-0.25, -0.2) is 4.98 Å². The van der Waals surface area contributed by atoms with Crippen LogP contribution in [0.25, 0.3) is 0 Å². The first kappa shape index (κ1) is 15.7. The Morgan fingerprint density at radius 3 is 2.95 bits per heavy atom. The van der Waals surface area contributed by atoms with Gasteiger partial charge >= 0.3 is 5.97 Å². The minimum atomic E-state index is -0.802. The van der Waals surface area contributed by atoms with E-state index in [0.29, 0.717) is 17.5 Å². The van der Waals surface area contributed by atoms with Crippen LogP contribution in [-0.4, -0.2) is 40.9 Å². The molecule has 2 N–H and O–H groups in total. The Bertz CT molecular complexity index is 477. The molecule has 0 spiro atoms. The molecule has 1 heterocycles. The van der Waals surface area contributed by atoms with Crippen LogP contribution in [0.1, 0.15) is 20.3 Å². The van der Waals surface area contributed by atoms with E-state index in [9.17, 15) is 9.59 Å². The fraction of sp³-hybridized carbons (Fsp3) is 0.583. The van der Waals surface area contributed by atoms with Crippen molar-refractivity contribution in [2.45, 2.75) is 31.0 Å². The van der Waals surface area contributed by atoms with E-state index in [0.717, 1.165) is 6.42 Å². The molecule has 0 bridgehead atoms. The maximum Gasteiger partial charge on any atom is 0.326 e. The van der Waals surface area contributed by atoms with Gasteiger partial charge in [0.1, 0.15) is 5.54 Å². The normalized spacial score (nSPS) is 13.8. The zero-order valence-electron chi connectivity index (χ0n) is 11.4. The number of carbonyl (C=O) groups is 1. The largest absolute Gasteiger partial charge is 0.468 e. The van der Waals surface area contributed by atoms with E-state index in [4.69, 9.17) is 4.74 Å². The molecule has 0 aliphatic heterocycles. The molecular formula is C12H19N3O3S. The molecule has 106 valence electrons. The van der Waals surface area contributed by atoms with Crippen molar-refractivity contribution in [2.75, 3.05) is 19.4 Å². The average molecular weight is 285 g/mol. The van der Waals surface area contributed by atoms with E-state index >= 15 is 0 Å². The van der Waals surface area contributed by atoms with E-state index in [-0.39, 0.29) is 11.5 Å². The average Bonchev–Trinajstić information content (AvgIpc) is 2.42. The van der Waals surface area contributed by atoms with Crippen molar-refractivity contribution >= 4 is 17.7 Å². The third-order valence-corrected chi connectivity index (χ3v) is 3.75. The molecule has 19 heavy (non-hydrogen) atoms. The van der Waals surface area contributed by atoms with Crippen molar-refractivity contribution in [3.05, 3.63) is 22.6 Å². The zero-order chi connectivity index (χ0) is 14.3. The second kappa shape index (κ2) is 7.30. The molecule has 0 saturated heterocycles. The first-order valence-corrected chi connectivity index (χ1v) is 7.02. The van der Waals surface area contributed by atoms with Gasteiger partial charge in [-0.2, -0.15) is 0 Å². The first-order valence-electron chi connectivity index (χ1n) is 6.03. The van der Waals surface area contributed by atoms with Gasteiger partial charge in [0.2, 0.25) is 0 Å². The van der Waals surface area contributed by atoms with E-state index in [1.807, 2.05) is 6.92 Å². The van der Waals surface area contributed by atoms with Crippen molar-refractivity contribution in [1.82, 2.24) is 15.3 Å². The first-order chi connectivity index (χ1) is 9.01. The molecule has 0 aliphatic rings. The second-order valence-electron chi connectivity index (χ2n) is 4.28. The number of carbonyl (C=O) groups excluding carboxylic acids is 1. The molecule has 1 aromatic heterocycles. The predicted molar refractivity (Wildman–Crippen MR) is 74.3 cm³/mol. The lowest BCUT2D eigenvalue weighted by Crippen LogP contribution is -2.52. The highest BCUT2D eigenvalue weighted by atomic mass is 32.2. The highest BCUT2D eigenvalue weighted by molar-refractivity contribution is 7.99. The van der Waals surface area contributed by atoms with Gasteiger partial charge in [0.05, 0.1) is 7.11 Å². The van der Waals surface area contributed by atoms with Gasteiger partial charge in [-0.3, -0.25) is 9.59 Å². The quantitative estimate of drug-likeness (QED) is 0.438. The molecule has 6 nitrogen and oxygen atoms in total. The van der Waals surface area contributed by atoms with Gasteiger partial charge in [0.25, 0.3) is 5.56 Å². The van der Waals surface area contributed by atoms with Crippen LogP contribution in [0, 0.1) is 0 Å². The van der Waals surface area contributed by atoms with Crippen LogP contribution in [-0.2, 0) is 9.53 Å². The number of nitrogens with one attached hydrogen (secondary N) is 2. The van der Waals surface area contributed by atoms with Crippen molar-refractivity contribution in [3.63, 3.8) is 0 Å². The Labute approximate surface area is 116 Å². The van der Waals surface area contributed by atoms with Crippen LogP contribution >= 0.6 is 11.8 Å². The summed E-state index contributed by atoms with van der Waals surface area (Å²) in [7, 11) is 1.36. The van der Waals surface area contributed by atoms with Crippen LogP contribution in [0.15, 0.2) is 22.2 Å². The van der Waals surface area contributed by atoms with Crippen molar-refractivity contribution in [1.29, 1.82) is 0 Å². The van der Waals surface area contributed by atoms with Gasteiger partial charge < -0.3 is 15.0 Å². The highest BCUT2D eigenvalue weighted by Crippen LogP contribution is 2.19. The molecule has 1 aromatic rings. The highest BCUT2D eigenvalue weighted by Gasteiger charge is 2.33.